The van der Waals surface area contributed by atoms with Gasteiger partial charge in [-0.1, -0.05) is 19.9 Å². The van der Waals surface area contributed by atoms with Gasteiger partial charge in [-0.05, 0) is 24.6 Å². The van der Waals surface area contributed by atoms with E-state index >= 15 is 0 Å². The zero-order valence-electron chi connectivity index (χ0n) is 9.64. The summed E-state index contributed by atoms with van der Waals surface area (Å²) in [6.45, 7) is 3.57. The van der Waals surface area contributed by atoms with E-state index in [-0.39, 0.29) is 17.5 Å². The highest BCUT2D eigenvalue weighted by Crippen LogP contribution is 2.30. The van der Waals surface area contributed by atoms with Crippen molar-refractivity contribution in [1.82, 2.24) is 0 Å². The Bertz CT molecular complexity index is 401. The van der Waals surface area contributed by atoms with E-state index in [4.69, 9.17) is 0 Å². The molecule has 0 spiro atoms. The minimum Gasteiger partial charge on any atom is -0.326 e. The molecule has 1 aromatic carbocycles. The average molecular weight is 245 g/mol. The van der Waals surface area contributed by atoms with Crippen molar-refractivity contribution < 1.29 is 18.0 Å². The molecule has 2 nitrogen and oxygen atoms in total. The topological polar surface area (TPSA) is 29.1 Å². The largest absolute Gasteiger partial charge is 0.416 e. The fourth-order valence-electron chi connectivity index (χ4n) is 1.22. The molecule has 0 bridgehead atoms. The molecule has 0 aliphatic carbocycles. The zero-order valence-corrected chi connectivity index (χ0v) is 9.64. The second kappa shape index (κ2) is 5.21. The summed E-state index contributed by atoms with van der Waals surface area (Å²) in [6, 6.07) is 4.61. The molecule has 0 fully saturated rings. The van der Waals surface area contributed by atoms with Crippen LogP contribution in [0.5, 0.6) is 0 Å². The molecule has 1 unspecified atom stereocenters. The number of anilines is 1. The Balaban J connectivity index is 2.83. The highest BCUT2D eigenvalue weighted by molar-refractivity contribution is 5.92. The molecule has 0 aliphatic heterocycles. The number of alkyl halides is 3. The van der Waals surface area contributed by atoms with Crippen molar-refractivity contribution in [2.75, 3.05) is 5.32 Å². The summed E-state index contributed by atoms with van der Waals surface area (Å²) >= 11 is 0. The monoisotopic (exact) mass is 245 g/mol. The van der Waals surface area contributed by atoms with Gasteiger partial charge < -0.3 is 5.32 Å². The summed E-state index contributed by atoms with van der Waals surface area (Å²) in [4.78, 5) is 11.5. The first-order valence-corrected chi connectivity index (χ1v) is 5.32. The maximum Gasteiger partial charge on any atom is 0.416 e. The molecule has 1 aromatic rings. The second-order valence-electron chi connectivity index (χ2n) is 3.88. The number of carbonyl (C=O) groups excluding carboxylic acids is 1. The third-order valence-corrected chi connectivity index (χ3v) is 2.52. The van der Waals surface area contributed by atoms with Crippen LogP contribution in [0.1, 0.15) is 25.8 Å². The summed E-state index contributed by atoms with van der Waals surface area (Å²) < 4.78 is 37.3. The number of benzene rings is 1. The Morgan fingerprint density at radius 2 is 2.06 bits per heavy atom. The van der Waals surface area contributed by atoms with Crippen LogP contribution < -0.4 is 5.32 Å². The van der Waals surface area contributed by atoms with Gasteiger partial charge in [-0.2, -0.15) is 13.2 Å². The zero-order chi connectivity index (χ0) is 13.1. The average Bonchev–Trinajstić information content (AvgIpc) is 2.27. The van der Waals surface area contributed by atoms with Crippen molar-refractivity contribution in [3.8, 4) is 0 Å². The van der Waals surface area contributed by atoms with Crippen LogP contribution in [-0.4, -0.2) is 5.91 Å². The molecular weight excluding hydrogens is 231 g/mol. The van der Waals surface area contributed by atoms with E-state index in [1.165, 1.54) is 12.1 Å². The molecule has 1 rings (SSSR count). The van der Waals surface area contributed by atoms with Gasteiger partial charge in [-0.25, -0.2) is 0 Å². The first kappa shape index (κ1) is 13.5. The van der Waals surface area contributed by atoms with Gasteiger partial charge in [0.05, 0.1) is 5.56 Å². The molecule has 0 aliphatic rings. The molecule has 0 saturated carbocycles. The van der Waals surface area contributed by atoms with E-state index in [2.05, 4.69) is 5.32 Å². The lowest BCUT2D eigenvalue weighted by Crippen LogP contribution is -2.20. The fourth-order valence-corrected chi connectivity index (χ4v) is 1.22. The van der Waals surface area contributed by atoms with Crippen LogP contribution >= 0.6 is 0 Å². The van der Waals surface area contributed by atoms with Crippen molar-refractivity contribution in [1.29, 1.82) is 0 Å². The Kier molecular flexibility index (Phi) is 4.15. The van der Waals surface area contributed by atoms with E-state index in [1.54, 1.807) is 6.92 Å². The van der Waals surface area contributed by atoms with E-state index < -0.39 is 11.7 Å². The lowest BCUT2D eigenvalue weighted by atomic mass is 10.1. The van der Waals surface area contributed by atoms with Crippen molar-refractivity contribution in [2.45, 2.75) is 26.4 Å². The van der Waals surface area contributed by atoms with Crippen LogP contribution in [-0.2, 0) is 11.0 Å². The van der Waals surface area contributed by atoms with Crippen molar-refractivity contribution in [3.63, 3.8) is 0 Å². The van der Waals surface area contributed by atoms with Crippen molar-refractivity contribution >= 4 is 11.6 Å². The Morgan fingerprint density at radius 1 is 1.41 bits per heavy atom. The molecule has 94 valence electrons. The van der Waals surface area contributed by atoms with Crippen molar-refractivity contribution in [3.05, 3.63) is 29.8 Å². The third kappa shape index (κ3) is 3.76. The molecule has 1 atom stereocenters. The minimum absolute atomic E-state index is 0.171. The second-order valence-corrected chi connectivity index (χ2v) is 3.88. The number of hydrogen-bond donors (Lipinski definition) is 1. The predicted octanol–water partition coefficient (Wildman–Crippen LogP) is 3.69. The SMILES string of the molecule is CCC(C)C(=O)Nc1cccc(C(F)(F)F)c1. The van der Waals surface area contributed by atoms with E-state index in [0.717, 1.165) is 12.1 Å². The molecule has 1 amide bonds. The molecule has 0 heterocycles. The third-order valence-electron chi connectivity index (χ3n) is 2.52. The number of rotatable bonds is 3. The lowest BCUT2D eigenvalue weighted by Gasteiger charge is -2.12. The summed E-state index contributed by atoms with van der Waals surface area (Å²) in [6.07, 6.45) is -3.75. The van der Waals surface area contributed by atoms with Crippen LogP contribution in [0.25, 0.3) is 0 Å². The smallest absolute Gasteiger partial charge is 0.326 e. The van der Waals surface area contributed by atoms with Crippen molar-refractivity contribution in [2.24, 2.45) is 5.92 Å². The molecule has 1 N–H and O–H groups in total. The van der Waals surface area contributed by atoms with Gasteiger partial charge in [0.2, 0.25) is 5.91 Å². The highest BCUT2D eigenvalue weighted by Gasteiger charge is 2.30. The van der Waals surface area contributed by atoms with Crippen LogP contribution in [0.3, 0.4) is 0 Å². The van der Waals surface area contributed by atoms with Gasteiger partial charge in [0.25, 0.3) is 0 Å². The molecule has 0 aromatic heterocycles. The normalized spacial score (nSPS) is 13.2. The van der Waals surface area contributed by atoms with Gasteiger partial charge in [0.1, 0.15) is 0 Å². The lowest BCUT2D eigenvalue weighted by molar-refractivity contribution is -0.137. The number of halogens is 3. The number of hydrogen-bond acceptors (Lipinski definition) is 1. The van der Waals surface area contributed by atoms with E-state index in [9.17, 15) is 18.0 Å². The molecular formula is C12H14F3NO. The Labute approximate surface area is 97.8 Å². The first-order chi connectivity index (χ1) is 7.84. The molecule has 17 heavy (non-hydrogen) atoms. The van der Waals surface area contributed by atoms with Gasteiger partial charge in [0, 0.05) is 11.6 Å². The van der Waals surface area contributed by atoms with Gasteiger partial charge >= 0.3 is 6.18 Å². The van der Waals surface area contributed by atoms with Crippen LogP contribution in [0.15, 0.2) is 24.3 Å². The molecule has 5 heteroatoms. The summed E-state index contributed by atoms with van der Waals surface area (Å²) in [5, 5.41) is 2.47. The maximum absolute atomic E-state index is 12.4. The van der Waals surface area contributed by atoms with Crippen LogP contribution in [0.2, 0.25) is 0 Å². The molecule has 0 radical (unpaired) electrons. The van der Waals surface area contributed by atoms with Gasteiger partial charge in [0.15, 0.2) is 0 Å². The highest BCUT2D eigenvalue weighted by atomic mass is 19.4. The summed E-state index contributed by atoms with van der Waals surface area (Å²) in [7, 11) is 0. The summed E-state index contributed by atoms with van der Waals surface area (Å²) in [5.41, 5.74) is -0.593. The minimum atomic E-state index is -4.39. The Hall–Kier alpha value is -1.52. The summed E-state index contributed by atoms with van der Waals surface area (Å²) in [5.74, 6) is -0.489. The standard InChI is InChI=1S/C12H14F3NO/c1-3-8(2)11(17)16-10-6-4-5-9(7-10)12(13,14)15/h4-8H,3H2,1-2H3,(H,16,17). The van der Waals surface area contributed by atoms with E-state index in [0.29, 0.717) is 6.42 Å². The van der Waals surface area contributed by atoms with Gasteiger partial charge in [-0.3, -0.25) is 4.79 Å². The number of nitrogens with one attached hydrogen (secondary N) is 1. The maximum atomic E-state index is 12.4. The molecule has 0 saturated heterocycles. The fraction of sp³-hybridized carbons (Fsp3) is 0.417. The van der Waals surface area contributed by atoms with Crippen LogP contribution in [0.4, 0.5) is 18.9 Å². The van der Waals surface area contributed by atoms with Crippen LogP contribution in [0, 0.1) is 5.92 Å². The predicted molar refractivity (Wildman–Crippen MR) is 59.5 cm³/mol. The quantitative estimate of drug-likeness (QED) is 0.864. The Morgan fingerprint density at radius 3 is 2.59 bits per heavy atom. The first-order valence-electron chi connectivity index (χ1n) is 5.32. The number of carbonyl (C=O) groups is 1. The van der Waals surface area contributed by atoms with Gasteiger partial charge in [-0.15, -0.1) is 0 Å². The number of amides is 1. The van der Waals surface area contributed by atoms with E-state index in [1.807, 2.05) is 6.92 Å².